The van der Waals surface area contributed by atoms with Gasteiger partial charge in [0.05, 0.1) is 0 Å². The van der Waals surface area contributed by atoms with E-state index in [1.165, 1.54) is 12.1 Å². The molecule has 1 atom stereocenters. The maximum Gasteiger partial charge on any atom is 0.157 e. The predicted octanol–water partition coefficient (Wildman–Crippen LogP) is 1.57. The van der Waals surface area contributed by atoms with Crippen LogP contribution in [0.5, 0.6) is 0 Å². The van der Waals surface area contributed by atoms with Crippen molar-refractivity contribution in [2.24, 2.45) is 0 Å². The first-order valence-electron chi connectivity index (χ1n) is 5.59. The van der Waals surface area contributed by atoms with Gasteiger partial charge in [-0.15, -0.1) is 0 Å². The highest BCUT2D eigenvalue weighted by atomic mass is 19.1. The molecule has 2 rings (SSSR count). The largest absolute Gasteiger partial charge is 0.314 e. The molecule has 1 unspecified atom stereocenters. The average Bonchev–Trinajstić information content (AvgIpc) is 2.33. The molecular formula is C12H16F2N2. The summed E-state index contributed by atoms with van der Waals surface area (Å²) in [7, 11) is 0. The normalized spacial score (nSPS) is 19.6. The van der Waals surface area contributed by atoms with Gasteiger partial charge in [0, 0.05) is 32.6 Å². The Balaban J connectivity index is 1.90. The van der Waals surface area contributed by atoms with E-state index < -0.39 is 6.30 Å². The molecule has 1 heterocycles. The fourth-order valence-electron chi connectivity index (χ4n) is 1.91. The topological polar surface area (TPSA) is 15.3 Å². The summed E-state index contributed by atoms with van der Waals surface area (Å²) in [6.07, 6.45) is -0.632. The third kappa shape index (κ3) is 3.00. The van der Waals surface area contributed by atoms with Crippen molar-refractivity contribution < 1.29 is 8.78 Å². The zero-order valence-corrected chi connectivity index (χ0v) is 9.13. The molecule has 0 bridgehead atoms. The molecule has 1 aromatic carbocycles. The molecule has 2 nitrogen and oxygen atoms in total. The number of rotatable bonds is 3. The van der Waals surface area contributed by atoms with Gasteiger partial charge in [0.15, 0.2) is 6.30 Å². The summed E-state index contributed by atoms with van der Waals surface area (Å²) in [6, 6.07) is 6.04. The molecule has 1 fully saturated rings. The van der Waals surface area contributed by atoms with Crippen LogP contribution < -0.4 is 5.32 Å². The SMILES string of the molecule is Fc1ccc(CC(F)N2CCNCC2)cc1. The van der Waals surface area contributed by atoms with Crippen molar-refractivity contribution in [3.63, 3.8) is 0 Å². The zero-order chi connectivity index (χ0) is 11.4. The van der Waals surface area contributed by atoms with Crippen molar-refractivity contribution in [2.45, 2.75) is 12.7 Å². The summed E-state index contributed by atoms with van der Waals surface area (Å²) in [5.41, 5.74) is 0.840. The molecule has 0 spiro atoms. The van der Waals surface area contributed by atoms with Crippen molar-refractivity contribution in [1.29, 1.82) is 0 Å². The van der Waals surface area contributed by atoms with Gasteiger partial charge >= 0.3 is 0 Å². The first kappa shape index (κ1) is 11.5. The lowest BCUT2D eigenvalue weighted by Gasteiger charge is -2.30. The Morgan fingerprint density at radius 3 is 2.44 bits per heavy atom. The van der Waals surface area contributed by atoms with E-state index in [1.807, 2.05) is 4.90 Å². The molecule has 0 aromatic heterocycles. The van der Waals surface area contributed by atoms with Gasteiger partial charge in [-0.3, -0.25) is 4.90 Å². The molecule has 1 aromatic rings. The Labute approximate surface area is 94.3 Å². The van der Waals surface area contributed by atoms with Crippen molar-refractivity contribution in [2.75, 3.05) is 26.2 Å². The highest BCUT2D eigenvalue weighted by Crippen LogP contribution is 2.11. The van der Waals surface area contributed by atoms with Crippen LogP contribution in [0.2, 0.25) is 0 Å². The van der Waals surface area contributed by atoms with Gasteiger partial charge in [0.1, 0.15) is 5.82 Å². The Morgan fingerprint density at radius 1 is 1.19 bits per heavy atom. The van der Waals surface area contributed by atoms with Gasteiger partial charge < -0.3 is 5.32 Å². The molecule has 1 N–H and O–H groups in total. The minimum atomic E-state index is -0.965. The molecule has 1 saturated heterocycles. The Hall–Kier alpha value is -1.00. The molecular weight excluding hydrogens is 210 g/mol. The molecule has 16 heavy (non-hydrogen) atoms. The van der Waals surface area contributed by atoms with E-state index in [-0.39, 0.29) is 5.82 Å². The summed E-state index contributed by atoms with van der Waals surface area (Å²) in [4.78, 5) is 1.82. The van der Waals surface area contributed by atoms with Crippen LogP contribution in [-0.2, 0) is 6.42 Å². The first-order chi connectivity index (χ1) is 7.75. The zero-order valence-electron chi connectivity index (χ0n) is 9.13. The van der Waals surface area contributed by atoms with Crippen LogP contribution in [0.25, 0.3) is 0 Å². The molecule has 1 aliphatic rings. The quantitative estimate of drug-likeness (QED) is 0.787. The van der Waals surface area contributed by atoms with Gasteiger partial charge in [0.2, 0.25) is 0 Å². The fourth-order valence-corrected chi connectivity index (χ4v) is 1.91. The lowest BCUT2D eigenvalue weighted by molar-refractivity contribution is 0.0705. The second-order valence-corrected chi connectivity index (χ2v) is 4.05. The van der Waals surface area contributed by atoms with E-state index in [0.717, 1.165) is 31.7 Å². The van der Waals surface area contributed by atoms with E-state index in [0.29, 0.717) is 6.42 Å². The van der Waals surface area contributed by atoms with Gasteiger partial charge in [-0.1, -0.05) is 12.1 Å². The van der Waals surface area contributed by atoms with Crippen LogP contribution in [0.3, 0.4) is 0 Å². The summed E-state index contributed by atoms with van der Waals surface area (Å²) in [5.74, 6) is -0.277. The number of hydrogen-bond acceptors (Lipinski definition) is 2. The Kier molecular flexibility index (Phi) is 3.85. The maximum absolute atomic E-state index is 13.9. The van der Waals surface area contributed by atoms with E-state index in [4.69, 9.17) is 0 Å². The summed E-state index contributed by atoms with van der Waals surface area (Å²) in [5, 5.41) is 3.18. The first-order valence-corrected chi connectivity index (χ1v) is 5.59. The van der Waals surface area contributed by atoms with Crippen LogP contribution in [-0.4, -0.2) is 37.4 Å². The van der Waals surface area contributed by atoms with Crippen LogP contribution >= 0.6 is 0 Å². The number of alkyl halides is 1. The van der Waals surface area contributed by atoms with Crippen molar-refractivity contribution in [3.05, 3.63) is 35.6 Å². The number of nitrogens with one attached hydrogen (secondary N) is 1. The van der Waals surface area contributed by atoms with Crippen molar-refractivity contribution in [1.82, 2.24) is 10.2 Å². The smallest absolute Gasteiger partial charge is 0.157 e. The number of benzene rings is 1. The van der Waals surface area contributed by atoms with Crippen LogP contribution in [0.15, 0.2) is 24.3 Å². The molecule has 0 aliphatic carbocycles. The summed E-state index contributed by atoms with van der Waals surface area (Å²) in [6.45, 7) is 3.15. The molecule has 4 heteroatoms. The highest BCUT2D eigenvalue weighted by molar-refractivity contribution is 5.16. The average molecular weight is 226 g/mol. The van der Waals surface area contributed by atoms with E-state index in [2.05, 4.69) is 5.32 Å². The van der Waals surface area contributed by atoms with Gasteiger partial charge in [0.25, 0.3) is 0 Å². The second-order valence-electron chi connectivity index (χ2n) is 4.05. The lowest BCUT2D eigenvalue weighted by Crippen LogP contribution is -2.47. The fraction of sp³-hybridized carbons (Fsp3) is 0.500. The molecule has 0 radical (unpaired) electrons. The number of hydrogen-bond donors (Lipinski definition) is 1. The summed E-state index contributed by atoms with van der Waals surface area (Å²) >= 11 is 0. The van der Waals surface area contributed by atoms with E-state index in [1.54, 1.807) is 12.1 Å². The lowest BCUT2D eigenvalue weighted by atomic mass is 10.1. The number of halogens is 2. The molecule has 0 amide bonds. The second kappa shape index (κ2) is 5.37. The van der Waals surface area contributed by atoms with Crippen LogP contribution in [0.4, 0.5) is 8.78 Å². The molecule has 0 saturated carbocycles. The third-order valence-corrected chi connectivity index (χ3v) is 2.87. The summed E-state index contributed by atoms with van der Waals surface area (Å²) < 4.78 is 26.5. The van der Waals surface area contributed by atoms with E-state index >= 15 is 0 Å². The minimum absolute atomic E-state index is 0.277. The Morgan fingerprint density at radius 2 is 1.81 bits per heavy atom. The number of nitrogens with zero attached hydrogens (tertiary/aromatic N) is 1. The molecule has 88 valence electrons. The minimum Gasteiger partial charge on any atom is -0.314 e. The number of piperazine rings is 1. The van der Waals surface area contributed by atoms with Crippen molar-refractivity contribution >= 4 is 0 Å². The van der Waals surface area contributed by atoms with Crippen molar-refractivity contribution in [3.8, 4) is 0 Å². The standard InChI is InChI=1S/C12H16F2N2/c13-11-3-1-10(2-4-11)9-12(14)16-7-5-15-6-8-16/h1-4,12,15H,5-9H2. The predicted molar refractivity (Wildman–Crippen MR) is 59.4 cm³/mol. The van der Waals surface area contributed by atoms with E-state index in [9.17, 15) is 8.78 Å². The third-order valence-electron chi connectivity index (χ3n) is 2.87. The van der Waals surface area contributed by atoms with Gasteiger partial charge in [-0.25, -0.2) is 8.78 Å². The van der Waals surface area contributed by atoms with Crippen LogP contribution in [0.1, 0.15) is 5.56 Å². The Bertz CT molecular complexity index is 320. The monoisotopic (exact) mass is 226 g/mol. The molecule has 1 aliphatic heterocycles. The van der Waals surface area contributed by atoms with Crippen LogP contribution in [0, 0.1) is 5.82 Å². The maximum atomic E-state index is 13.9. The van der Waals surface area contributed by atoms with Gasteiger partial charge in [-0.05, 0) is 17.7 Å². The van der Waals surface area contributed by atoms with Gasteiger partial charge in [-0.2, -0.15) is 0 Å². The highest BCUT2D eigenvalue weighted by Gasteiger charge is 2.19.